The van der Waals surface area contributed by atoms with Crippen molar-refractivity contribution in [3.8, 4) is 0 Å². The van der Waals surface area contributed by atoms with Crippen molar-refractivity contribution in [2.45, 2.75) is 0 Å². The first kappa shape index (κ1) is 14.5. The first-order valence-corrected chi connectivity index (χ1v) is 7.69. The molecule has 2 aromatic rings. The maximum atomic E-state index is 11.9. The number of allylic oxidation sites excluding steroid dienone is 2. The average Bonchev–Trinajstić information content (AvgIpc) is 2.45. The van der Waals surface area contributed by atoms with Gasteiger partial charge >= 0.3 is 7.60 Å². The highest BCUT2D eigenvalue weighted by Gasteiger charge is 2.26. The van der Waals surface area contributed by atoms with Crippen molar-refractivity contribution >= 4 is 18.5 Å². The van der Waals surface area contributed by atoms with Gasteiger partial charge in [-0.1, -0.05) is 73.3 Å². The summed E-state index contributed by atoms with van der Waals surface area (Å²) in [6, 6.07) is 17.8. The molecule has 0 saturated heterocycles. The van der Waals surface area contributed by atoms with Gasteiger partial charge in [0.25, 0.3) is 0 Å². The first-order chi connectivity index (χ1) is 9.54. The van der Waals surface area contributed by atoms with Crippen LogP contribution in [0.5, 0.6) is 0 Å². The Morgan fingerprint density at radius 2 is 1.35 bits per heavy atom. The second-order valence-corrected chi connectivity index (χ2v) is 5.78. The van der Waals surface area contributed by atoms with Crippen LogP contribution < -0.4 is 0 Å². The lowest BCUT2D eigenvalue weighted by atomic mass is 10.0. The van der Waals surface area contributed by atoms with E-state index >= 15 is 0 Å². The third kappa shape index (κ3) is 3.14. The zero-order chi connectivity index (χ0) is 14.6. The second kappa shape index (κ2) is 6.02. The molecule has 4 heteroatoms. The van der Waals surface area contributed by atoms with Crippen molar-refractivity contribution in [3.63, 3.8) is 0 Å². The Balaban J connectivity index is 2.75. The molecule has 3 nitrogen and oxygen atoms in total. The summed E-state index contributed by atoms with van der Waals surface area (Å²) >= 11 is 0. The Morgan fingerprint density at radius 3 is 1.75 bits per heavy atom. The molecule has 0 heterocycles. The van der Waals surface area contributed by atoms with E-state index in [1.807, 2.05) is 18.2 Å². The first-order valence-electron chi connectivity index (χ1n) is 6.07. The summed E-state index contributed by atoms with van der Waals surface area (Å²) in [5.74, 6) is 0. The fraction of sp³-hybridized carbons (Fsp3) is 0. The van der Waals surface area contributed by atoms with Crippen LogP contribution in [-0.2, 0) is 4.57 Å². The van der Waals surface area contributed by atoms with E-state index in [0.29, 0.717) is 11.1 Å². The fourth-order valence-corrected chi connectivity index (χ4v) is 3.07. The number of hydrogen-bond acceptors (Lipinski definition) is 1. The van der Waals surface area contributed by atoms with E-state index in [9.17, 15) is 14.4 Å². The standard InChI is InChI=1S/C16H15O3P/c1-2-15(13-9-5-3-6-10-13)16(20(17,18)19)14-11-7-4-8-12-14/h2-12H,1H2,(H2,17,18,19). The summed E-state index contributed by atoms with van der Waals surface area (Å²) in [4.78, 5) is 19.4. The minimum absolute atomic E-state index is 0.000648. The molecule has 20 heavy (non-hydrogen) atoms. The van der Waals surface area contributed by atoms with Crippen molar-refractivity contribution in [1.82, 2.24) is 0 Å². The summed E-state index contributed by atoms with van der Waals surface area (Å²) < 4.78 is 11.9. The van der Waals surface area contributed by atoms with Gasteiger partial charge in [-0.3, -0.25) is 4.57 Å². The molecule has 0 radical (unpaired) electrons. The van der Waals surface area contributed by atoms with Gasteiger partial charge in [-0.2, -0.15) is 0 Å². The lowest BCUT2D eigenvalue weighted by Gasteiger charge is -2.15. The van der Waals surface area contributed by atoms with Gasteiger partial charge in [0.1, 0.15) is 0 Å². The Hall–Kier alpha value is -1.93. The molecule has 0 bridgehead atoms. The van der Waals surface area contributed by atoms with E-state index in [1.54, 1.807) is 42.5 Å². The Kier molecular flexibility index (Phi) is 4.35. The molecular formula is C16H15O3P. The summed E-state index contributed by atoms with van der Waals surface area (Å²) in [6.45, 7) is 3.70. The molecule has 0 aliphatic rings. The zero-order valence-electron chi connectivity index (χ0n) is 10.8. The van der Waals surface area contributed by atoms with Crippen LogP contribution in [0.25, 0.3) is 10.9 Å². The van der Waals surface area contributed by atoms with E-state index < -0.39 is 7.60 Å². The second-order valence-electron chi connectivity index (χ2n) is 4.24. The van der Waals surface area contributed by atoms with Crippen LogP contribution in [0.3, 0.4) is 0 Å². The minimum atomic E-state index is -4.43. The van der Waals surface area contributed by atoms with Crippen LogP contribution in [0.15, 0.2) is 73.3 Å². The van der Waals surface area contributed by atoms with Crippen LogP contribution >= 0.6 is 7.60 Å². The number of rotatable bonds is 4. The van der Waals surface area contributed by atoms with E-state index in [4.69, 9.17) is 0 Å². The highest BCUT2D eigenvalue weighted by atomic mass is 31.2. The molecule has 2 rings (SSSR count). The van der Waals surface area contributed by atoms with Crippen molar-refractivity contribution in [1.29, 1.82) is 0 Å². The Morgan fingerprint density at radius 1 is 0.900 bits per heavy atom. The molecule has 0 aliphatic carbocycles. The van der Waals surface area contributed by atoms with Gasteiger partial charge in [-0.15, -0.1) is 0 Å². The maximum absolute atomic E-state index is 11.9. The Labute approximate surface area is 118 Å². The SMILES string of the molecule is C=CC(=C(c1ccccc1)P(=O)(O)O)c1ccccc1. The highest BCUT2D eigenvalue weighted by Crippen LogP contribution is 2.54. The molecule has 0 atom stereocenters. The van der Waals surface area contributed by atoms with E-state index in [1.165, 1.54) is 6.08 Å². The van der Waals surface area contributed by atoms with Crippen LogP contribution in [0.2, 0.25) is 0 Å². The molecular weight excluding hydrogens is 271 g/mol. The van der Waals surface area contributed by atoms with Crippen LogP contribution in [0.1, 0.15) is 11.1 Å². The lowest BCUT2D eigenvalue weighted by Crippen LogP contribution is -1.92. The smallest absolute Gasteiger partial charge is 0.321 e. The largest absolute Gasteiger partial charge is 0.357 e. The number of hydrogen-bond donors (Lipinski definition) is 2. The molecule has 0 amide bonds. The van der Waals surface area contributed by atoms with Crippen molar-refractivity contribution in [2.75, 3.05) is 0 Å². The Bertz CT molecular complexity index is 669. The average molecular weight is 286 g/mol. The number of benzene rings is 2. The van der Waals surface area contributed by atoms with Gasteiger partial charge in [0.05, 0.1) is 5.31 Å². The summed E-state index contributed by atoms with van der Waals surface area (Å²) in [7, 11) is -4.43. The lowest BCUT2D eigenvalue weighted by molar-refractivity contribution is 0.388. The molecule has 102 valence electrons. The predicted molar refractivity (Wildman–Crippen MR) is 81.9 cm³/mol. The molecule has 2 N–H and O–H groups in total. The van der Waals surface area contributed by atoms with Gasteiger partial charge in [-0.25, -0.2) is 0 Å². The van der Waals surface area contributed by atoms with Crippen molar-refractivity contribution in [3.05, 3.63) is 84.4 Å². The normalized spacial score (nSPS) is 12.7. The quantitative estimate of drug-likeness (QED) is 0.509. The summed E-state index contributed by atoms with van der Waals surface area (Å²) in [6.07, 6.45) is 1.48. The zero-order valence-corrected chi connectivity index (χ0v) is 11.7. The summed E-state index contributed by atoms with van der Waals surface area (Å²) in [5, 5.41) is -0.000648. The van der Waals surface area contributed by atoms with Crippen LogP contribution in [0, 0.1) is 0 Å². The van der Waals surface area contributed by atoms with E-state index in [2.05, 4.69) is 6.58 Å². The predicted octanol–water partition coefficient (Wildman–Crippen LogP) is 3.92. The van der Waals surface area contributed by atoms with Gasteiger partial charge < -0.3 is 9.79 Å². The highest BCUT2D eigenvalue weighted by molar-refractivity contribution is 7.63. The van der Waals surface area contributed by atoms with Gasteiger partial charge in [0, 0.05) is 0 Å². The maximum Gasteiger partial charge on any atom is 0.357 e. The van der Waals surface area contributed by atoms with Gasteiger partial charge in [0.2, 0.25) is 0 Å². The monoisotopic (exact) mass is 286 g/mol. The molecule has 0 aliphatic heterocycles. The third-order valence-corrected chi connectivity index (χ3v) is 3.96. The molecule has 0 aromatic heterocycles. The van der Waals surface area contributed by atoms with Gasteiger partial charge in [0.15, 0.2) is 0 Å². The van der Waals surface area contributed by atoms with Crippen LogP contribution in [-0.4, -0.2) is 9.79 Å². The third-order valence-electron chi connectivity index (χ3n) is 2.88. The topological polar surface area (TPSA) is 57.5 Å². The van der Waals surface area contributed by atoms with Crippen molar-refractivity contribution in [2.24, 2.45) is 0 Å². The molecule has 0 spiro atoms. The summed E-state index contributed by atoms with van der Waals surface area (Å²) in [5.41, 5.74) is 1.68. The molecule has 0 saturated carbocycles. The molecule has 0 fully saturated rings. The van der Waals surface area contributed by atoms with E-state index in [-0.39, 0.29) is 5.31 Å². The van der Waals surface area contributed by atoms with E-state index in [0.717, 1.165) is 5.56 Å². The van der Waals surface area contributed by atoms with Crippen molar-refractivity contribution < 1.29 is 14.4 Å². The molecule has 2 aromatic carbocycles. The van der Waals surface area contributed by atoms with Gasteiger partial charge in [-0.05, 0) is 16.7 Å². The minimum Gasteiger partial charge on any atom is -0.321 e. The van der Waals surface area contributed by atoms with Crippen LogP contribution in [0.4, 0.5) is 0 Å². The fourth-order valence-electron chi connectivity index (χ4n) is 2.05. The molecule has 0 unspecified atom stereocenters.